The lowest BCUT2D eigenvalue weighted by atomic mass is 9.65. The Labute approximate surface area is 258 Å². The monoisotopic (exact) mass is 632 g/mol. The van der Waals surface area contributed by atoms with Gasteiger partial charge in [-0.25, -0.2) is 9.59 Å². The molecule has 9 nitrogen and oxygen atoms in total. The molecule has 3 atom stereocenters. The van der Waals surface area contributed by atoms with E-state index in [1.807, 2.05) is 18.2 Å². The second-order valence-corrected chi connectivity index (χ2v) is 11.5. The van der Waals surface area contributed by atoms with Gasteiger partial charge < -0.3 is 19.9 Å². The van der Waals surface area contributed by atoms with Gasteiger partial charge in [-0.15, -0.1) is 0 Å². The number of hydrogen-bond donors (Lipinski definition) is 3. The number of methoxy groups -OCH3 is 2. The topological polar surface area (TPSA) is 113 Å². The summed E-state index contributed by atoms with van der Waals surface area (Å²) in [6.45, 7) is 1.92. The summed E-state index contributed by atoms with van der Waals surface area (Å²) in [6, 6.07) is 21.0. The average molecular weight is 633 g/mol. The molecule has 1 saturated heterocycles. The molecule has 3 N–H and O–H groups in total. The van der Waals surface area contributed by atoms with Crippen molar-refractivity contribution >= 4 is 23.9 Å². The third-order valence-corrected chi connectivity index (χ3v) is 8.80. The number of carbonyl (C=O) groups excluding carboxylic acids is 1. The number of alkyl halides is 3. The number of benzene rings is 2. The molecule has 2 aromatic carbocycles. The first-order valence-corrected chi connectivity index (χ1v) is 14.8. The number of amides is 2. The van der Waals surface area contributed by atoms with Gasteiger partial charge in [-0.05, 0) is 79.6 Å². The van der Waals surface area contributed by atoms with E-state index in [0.717, 1.165) is 55.2 Å². The maximum atomic E-state index is 12.7. The number of aromatic nitrogens is 1. The van der Waals surface area contributed by atoms with Gasteiger partial charge in [0.1, 0.15) is 0 Å². The molecule has 0 radical (unpaired) electrons. The quantitative estimate of drug-likeness (QED) is 0.267. The Bertz CT molecular complexity index is 1400. The number of pyridine rings is 1. The van der Waals surface area contributed by atoms with Crippen molar-refractivity contribution < 1.29 is 37.3 Å². The number of urea groups is 1. The fourth-order valence-corrected chi connectivity index (χ4v) is 6.52. The molecule has 44 heavy (non-hydrogen) atoms. The predicted octanol–water partition coefficient (Wildman–Crippen LogP) is 5.80. The van der Waals surface area contributed by atoms with Crippen LogP contribution in [-0.4, -0.2) is 66.0 Å². The largest absolute Gasteiger partial charge is 0.493 e. The van der Waals surface area contributed by atoms with Crippen LogP contribution < -0.4 is 19.5 Å². The van der Waals surface area contributed by atoms with Crippen LogP contribution in [0.3, 0.4) is 0 Å². The number of nitrogens with zero attached hydrogens (tertiary/aromatic N) is 2. The van der Waals surface area contributed by atoms with Gasteiger partial charge in [-0.2, -0.15) is 13.2 Å². The van der Waals surface area contributed by atoms with Crippen LogP contribution in [-0.2, 0) is 16.8 Å². The normalized spacial score (nSPS) is 21.3. The summed E-state index contributed by atoms with van der Waals surface area (Å²) < 4.78 is 45.8. The van der Waals surface area contributed by atoms with Crippen LogP contribution in [0.1, 0.15) is 36.8 Å². The first kappa shape index (κ1) is 32.9. The van der Waals surface area contributed by atoms with E-state index in [4.69, 9.17) is 19.4 Å². The number of likely N-dealkylation sites (tertiary alicyclic amines) is 1. The minimum atomic E-state index is -5.08. The van der Waals surface area contributed by atoms with Gasteiger partial charge in [-0.3, -0.25) is 14.6 Å². The van der Waals surface area contributed by atoms with E-state index in [9.17, 15) is 18.0 Å². The van der Waals surface area contributed by atoms with Crippen molar-refractivity contribution in [2.75, 3.05) is 20.8 Å². The zero-order valence-electron chi connectivity index (χ0n) is 24.3. The molecular formula is C31H35F3N4O5S. The van der Waals surface area contributed by atoms with E-state index >= 15 is 0 Å². The molecular weight excluding hydrogens is 597 g/mol. The smallest absolute Gasteiger partial charge is 0.490 e. The molecule has 3 aromatic rings. The summed E-state index contributed by atoms with van der Waals surface area (Å²) in [5.41, 5.74) is 2.61. The van der Waals surface area contributed by atoms with E-state index < -0.39 is 12.1 Å². The Morgan fingerprint density at radius 3 is 2.43 bits per heavy atom. The van der Waals surface area contributed by atoms with Gasteiger partial charge in [0.05, 0.1) is 14.2 Å². The summed E-state index contributed by atoms with van der Waals surface area (Å²) in [6.07, 6.45) is 2.28. The number of carbonyl (C=O) groups is 2. The van der Waals surface area contributed by atoms with Crippen LogP contribution in [0.5, 0.6) is 11.5 Å². The van der Waals surface area contributed by atoms with Crippen LogP contribution in [0.25, 0.3) is 0 Å². The maximum Gasteiger partial charge on any atom is 0.490 e. The lowest BCUT2D eigenvalue weighted by Gasteiger charge is -2.45. The standard InChI is InChI=1S/C29H34N4O3S.C2HF3O2/c1-35-25-11-10-22(17-26(25)36-2)29-13-12-23(31-28(34)32-37-24-9-6-15-30-19-24)18-27(29)33(16-14-29)20-21-7-4-3-5-8-21;3-2(4,5)1(6)7/h3-11,15,17,19,23,27H,12-14,16,18,20H2,1-2H3,(H2,31,32,34);(H,6,7). The van der Waals surface area contributed by atoms with Gasteiger partial charge in [0.2, 0.25) is 0 Å². The molecule has 1 aliphatic carbocycles. The Hall–Kier alpha value is -3.97. The number of hydrogen-bond acceptors (Lipinski definition) is 7. The van der Waals surface area contributed by atoms with Crippen LogP contribution >= 0.6 is 11.9 Å². The first-order chi connectivity index (χ1) is 21.1. The molecule has 5 rings (SSSR count). The summed E-state index contributed by atoms with van der Waals surface area (Å²) in [5.74, 6) is -1.24. The summed E-state index contributed by atoms with van der Waals surface area (Å²) in [4.78, 5) is 29.2. The summed E-state index contributed by atoms with van der Waals surface area (Å²) in [5, 5.41) is 10.4. The van der Waals surface area contributed by atoms with Crippen molar-refractivity contribution in [2.45, 2.75) is 60.8 Å². The van der Waals surface area contributed by atoms with Crippen molar-refractivity contribution in [1.82, 2.24) is 19.9 Å². The van der Waals surface area contributed by atoms with Gasteiger partial charge >= 0.3 is 18.2 Å². The number of ether oxygens (including phenoxy) is 2. The van der Waals surface area contributed by atoms with E-state index in [0.29, 0.717) is 6.04 Å². The molecule has 236 valence electrons. The highest BCUT2D eigenvalue weighted by molar-refractivity contribution is 7.98. The Morgan fingerprint density at radius 1 is 1.07 bits per heavy atom. The number of rotatable bonds is 8. The Balaban J connectivity index is 0.000000566. The molecule has 1 aromatic heterocycles. The molecule has 1 saturated carbocycles. The molecule has 0 bridgehead atoms. The van der Waals surface area contributed by atoms with Crippen molar-refractivity contribution in [3.05, 3.63) is 84.2 Å². The highest BCUT2D eigenvalue weighted by Gasteiger charge is 2.51. The average Bonchev–Trinajstić information content (AvgIpc) is 3.39. The number of halogens is 3. The maximum absolute atomic E-state index is 12.7. The summed E-state index contributed by atoms with van der Waals surface area (Å²) >= 11 is 1.28. The van der Waals surface area contributed by atoms with Crippen molar-refractivity contribution in [3.8, 4) is 11.5 Å². The minimum absolute atomic E-state index is 0.00739. The SMILES string of the molecule is COc1ccc(C23CCC(NC(=O)NSc4cccnc4)CC2N(Cc2ccccc2)CC3)cc1OC.O=C(O)C(F)(F)F. The Kier molecular flexibility index (Phi) is 11.0. The van der Waals surface area contributed by atoms with Crippen LogP contribution in [0.15, 0.2) is 78.0 Å². The number of carboxylic acid groups (broad SMARTS) is 1. The zero-order chi connectivity index (χ0) is 31.7. The van der Waals surface area contributed by atoms with E-state index in [2.05, 4.69) is 62.4 Å². The van der Waals surface area contributed by atoms with Gasteiger partial charge in [0.15, 0.2) is 11.5 Å². The van der Waals surface area contributed by atoms with Crippen LogP contribution in [0, 0.1) is 0 Å². The van der Waals surface area contributed by atoms with Crippen molar-refractivity contribution in [3.63, 3.8) is 0 Å². The zero-order valence-corrected chi connectivity index (χ0v) is 25.2. The minimum Gasteiger partial charge on any atom is -0.493 e. The number of fused-ring (bicyclic) bond motifs is 1. The molecule has 1 aliphatic heterocycles. The van der Waals surface area contributed by atoms with E-state index in [1.54, 1.807) is 26.6 Å². The number of carboxylic acids is 1. The van der Waals surface area contributed by atoms with Gasteiger partial charge in [-0.1, -0.05) is 36.4 Å². The molecule has 2 fully saturated rings. The predicted molar refractivity (Wildman–Crippen MR) is 160 cm³/mol. The third-order valence-electron chi connectivity index (χ3n) is 8.03. The highest BCUT2D eigenvalue weighted by atomic mass is 32.2. The van der Waals surface area contributed by atoms with Crippen molar-refractivity contribution in [1.29, 1.82) is 0 Å². The fourth-order valence-electron chi connectivity index (χ4n) is 5.99. The molecule has 3 unspecified atom stereocenters. The number of nitrogens with one attached hydrogen (secondary N) is 2. The summed E-state index contributed by atoms with van der Waals surface area (Å²) in [7, 11) is 3.36. The lowest BCUT2D eigenvalue weighted by Crippen LogP contribution is -2.53. The van der Waals surface area contributed by atoms with E-state index in [-0.39, 0.29) is 17.5 Å². The fraction of sp³-hybridized carbons (Fsp3) is 0.387. The van der Waals surface area contributed by atoms with Gasteiger partial charge in [0, 0.05) is 41.3 Å². The molecule has 2 aliphatic rings. The van der Waals surface area contributed by atoms with Crippen LogP contribution in [0.2, 0.25) is 0 Å². The molecule has 2 amide bonds. The van der Waals surface area contributed by atoms with Gasteiger partial charge in [0.25, 0.3) is 0 Å². The van der Waals surface area contributed by atoms with E-state index in [1.165, 1.54) is 23.1 Å². The second-order valence-electron chi connectivity index (χ2n) is 10.6. The van der Waals surface area contributed by atoms with Crippen molar-refractivity contribution in [2.24, 2.45) is 0 Å². The highest BCUT2D eigenvalue weighted by Crippen LogP contribution is 2.50. The van der Waals surface area contributed by atoms with Crippen LogP contribution in [0.4, 0.5) is 18.0 Å². The third kappa shape index (κ3) is 8.14. The molecule has 2 heterocycles. The lowest BCUT2D eigenvalue weighted by molar-refractivity contribution is -0.192. The molecule has 13 heteroatoms. The Morgan fingerprint density at radius 2 is 1.80 bits per heavy atom. The first-order valence-electron chi connectivity index (χ1n) is 14.0. The molecule has 0 spiro atoms. The second kappa shape index (κ2) is 14.7. The number of aliphatic carboxylic acids is 1.